The summed E-state index contributed by atoms with van der Waals surface area (Å²) in [6, 6.07) is 0. The van der Waals surface area contributed by atoms with Gasteiger partial charge in [0.2, 0.25) is 0 Å². The van der Waals surface area contributed by atoms with Crippen molar-refractivity contribution in [2.24, 2.45) is 10.4 Å². The second kappa shape index (κ2) is 6.20. The van der Waals surface area contributed by atoms with Crippen LogP contribution in [0.1, 0.15) is 32.1 Å². The van der Waals surface area contributed by atoms with Gasteiger partial charge in [-0.15, -0.1) is 0 Å². The second-order valence-corrected chi connectivity index (χ2v) is 6.84. The minimum Gasteiger partial charge on any atom is -0.364 e. The Bertz CT molecular complexity index is 247. The van der Waals surface area contributed by atoms with Crippen LogP contribution < -0.4 is 5.32 Å². The predicted octanol–water partition coefficient (Wildman–Crippen LogP) is 2.99. The molecule has 1 N–H and O–H groups in total. The molecule has 0 aromatic rings. The number of nitrogens with zero attached hydrogens (tertiary/aromatic N) is 1. The maximum Gasteiger partial charge on any atom is 0.156 e. The Hall–Kier alpha value is 0.170. The molecule has 16 heavy (non-hydrogen) atoms. The average Bonchev–Trinajstić information content (AvgIpc) is 2.33. The van der Waals surface area contributed by atoms with Crippen molar-refractivity contribution in [3.05, 3.63) is 0 Å². The molecule has 0 aromatic heterocycles. The molecule has 2 rings (SSSR count). The average molecular weight is 258 g/mol. The normalized spacial score (nSPS) is 24.2. The van der Waals surface area contributed by atoms with E-state index >= 15 is 0 Å². The fourth-order valence-electron chi connectivity index (χ4n) is 2.52. The molecule has 92 valence electrons. The highest BCUT2D eigenvalue weighted by atomic mass is 32.2. The Labute approximate surface area is 107 Å². The van der Waals surface area contributed by atoms with E-state index in [4.69, 9.17) is 4.99 Å². The summed E-state index contributed by atoms with van der Waals surface area (Å²) in [6.45, 7) is 2.13. The van der Waals surface area contributed by atoms with Crippen molar-refractivity contribution in [1.82, 2.24) is 5.32 Å². The smallest absolute Gasteiger partial charge is 0.156 e. The van der Waals surface area contributed by atoms with Crippen LogP contribution in [0.2, 0.25) is 0 Å². The van der Waals surface area contributed by atoms with Gasteiger partial charge in [-0.2, -0.15) is 11.8 Å². The summed E-state index contributed by atoms with van der Waals surface area (Å²) in [5, 5.41) is 4.62. The molecule has 0 aromatic carbocycles. The zero-order valence-electron chi connectivity index (χ0n) is 10.1. The fraction of sp³-hybridized carbons (Fsp3) is 0.917. The Morgan fingerprint density at radius 3 is 2.81 bits per heavy atom. The SMILES string of the molecule is CSCCNC1=NCC2(CCCCC2)CS1. The van der Waals surface area contributed by atoms with Crippen LogP contribution in [-0.4, -0.2) is 36.0 Å². The topological polar surface area (TPSA) is 24.4 Å². The molecule has 1 aliphatic carbocycles. The zero-order valence-corrected chi connectivity index (χ0v) is 11.8. The number of nitrogens with one attached hydrogen (secondary N) is 1. The van der Waals surface area contributed by atoms with Crippen LogP contribution in [0.25, 0.3) is 0 Å². The second-order valence-electron chi connectivity index (χ2n) is 4.89. The van der Waals surface area contributed by atoms with Crippen LogP contribution in [-0.2, 0) is 0 Å². The van der Waals surface area contributed by atoms with Gasteiger partial charge >= 0.3 is 0 Å². The molecule has 0 radical (unpaired) electrons. The lowest BCUT2D eigenvalue weighted by molar-refractivity contribution is 0.232. The van der Waals surface area contributed by atoms with Gasteiger partial charge in [0.05, 0.1) is 0 Å². The molecule has 2 nitrogen and oxygen atoms in total. The van der Waals surface area contributed by atoms with Crippen molar-refractivity contribution in [2.75, 3.05) is 30.9 Å². The van der Waals surface area contributed by atoms with Crippen LogP contribution in [0.3, 0.4) is 0 Å². The van der Waals surface area contributed by atoms with Crippen LogP contribution >= 0.6 is 23.5 Å². The Morgan fingerprint density at radius 1 is 1.38 bits per heavy atom. The third-order valence-corrected chi connectivity index (χ3v) is 5.49. The predicted molar refractivity (Wildman–Crippen MR) is 76.7 cm³/mol. The summed E-state index contributed by atoms with van der Waals surface area (Å²) in [7, 11) is 0. The monoisotopic (exact) mass is 258 g/mol. The van der Waals surface area contributed by atoms with Crippen molar-refractivity contribution in [3.8, 4) is 0 Å². The first-order valence-corrected chi connectivity index (χ1v) is 8.63. The van der Waals surface area contributed by atoms with E-state index in [0.717, 1.165) is 13.1 Å². The van der Waals surface area contributed by atoms with Gasteiger partial charge < -0.3 is 5.32 Å². The maximum atomic E-state index is 4.74. The number of hydrogen-bond donors (Lipinski definition) is 1. The van der Waals surface area contributed by atoms with Gasteiger partial charge in [0.1, 0.15) is 0 Å². The molecule has 4 heteroatoms. The fourth-order valence-corrected chi connectivity index (χ4v) is 4.01. The van der Waals surface area contributed by atoms with Gasteiger partial charge in [0.15, 0.2) is 5.17 Å². The molecule has 1 spiro atoms. The van der Waals surface area contributed by atoms with Crippen LogP contribution in [0.15, 0.2) is 4.99 Å². The van der Waals surface area contributed by atoms with Crippen LogP contribution in [0, 0.1) is 5.41 Å². The Kier molecular flexibility index (Phi) is 4.89. The number of amidine groups is 1. The molecule has 2 aliphatic rings. The Balaban J connectivity index is 1.79. The molecule has 1 fully saturated rings. The van der Waals surface area contributed by atoms with E-state index in [1.807, 2.05) is 23.5 Å². The number of aliphatic imine (C=N–C) groups is 1. The summed E-state index contributed by atoms with van der Waals surface area (Å²) >= 11 is 3.83. The molecular formula is C12H22N2S2. The molecule has 0 unspecified atom stereocenters. The largest absolute Gasteiger partial charge is 0.364 e. The van der Waals surface area contributed by atoms with Crippen molar-refractivity contribution >= 4 is 28.7 Å². The van der Waals surface area contributed by atoms with Crippen LogP contribution in [0.4, 0.5) is 0 Å². The first-order valence-electron chi connectivity index (χ1n) is 6.25. The maximum absolute atomic E-state index is 4.74. The lowest BCUT2D eigenvalue weighted by Crippen LogP contribution is -2.37. The zero-order chi connectivity index (χ0) is 11.3. The molecular weight excluding hydrogens is 236 g/mol. The van der Waals surface area contributed by atoms with E-state index in [1.54, 1.807) is 0 Å². The van der Waals surface area contributed by atoms with E-state index in [1.165, 1.54) is 48.8 Å². The molecule has 0 atom stereocenters. The molecule has 0 saturated heterocycles. The summed E-state index contributed by atoms with van der Waals surface area (Å²) in [6.07, 6.45) is 9.24. The lowest BCUT2D eigenvalue weighted by Gasteiger charge is -2.38. The third-order valence-electron chi connectivity index (χ3n) is 3.57. The molecule has 1 saturated carbocycles. The Morgan fingerprint density at radius 2 is 2.19 bits per heavy atom. The van der Waals surface area contributed by atoms with Gasteiger partial charge in [0, 0.05) is 24.6 Å². The molecule has 1 heterocycles. The summed E-state index contributed by atoms with van der Waals surface area (Å²) in [5.41, 5.74) is 0.563. The van der Waals surface area contributed by atoms with Crippen molar-refractivity contribution in [2.45, 2.75) is 32.1 Å². The van der Waals surface area contributed by atoms with Gasteiger partial charge in [0.25, 0.3) is 0 Å². The van der Waals surface area contributed by atoms with Gasteiger partial charge in [-0.25, -0.2) is 0 Å². The van der Waals surface area contributed by atoms with E-state index in [9.17, 15) is 0 Å². The quantitative estimate of drug-likeness (QED) is 0.788. The molecule has 0 bridgehead atoms. The number of hydrogen-bond acceptors (Lipinski definition) is 4. The van der Waals surface area contributed by atoms with Crippen molar-refractivity contribution in [3.63, 3.8) is 0 Å². The van der Waals surface area contributed by atoms with Crippen molar-refractivity contribution < 1.29 is 0 Å². The van der Waals surface area contributed by atoms with Gasteiger partial charge in [-0.3, -0.25) is 4.99 Å². The highest BCUT2D eigenvalue weighted by molar-refractivity contribution is 8.13. The first kappa shape index (κ1) is 12.6. The minimum absolute atomic E-state index is 0.563. The van der Waals surface area contributed by atoms with Crippen LogP contribution in [0.5, 0.6) is 0 Å². The third kappa shape index (κ3) is 3.33. The van der Waals surface area contributed by atoms with Gasteiger partial charge in [-0.1, -0.05) is 31.0 Å². The number of rotatable bonds is 3. The van der Waals surface area contributed by atoms with E-state index in [-0.39, 0.29) is 0 Å². The summed E-state index contributed by atoms with van der Waals surface area (Å²) in [4.78, 5) is 4.74. The van der Waals surface area contributed by atoms with Crippen molar-refractivity contribution in [1.29, 1.82) is 0 Å². The lowest BCUT2D eigenvalue weighted by atomic mass is 9.75. The summed E-state index contributed by atoms with van der Waals surface area (Å²) in [5.74, 6) is 2.46. The summed E-state index contributed by atoms with van der Waals surface area (Å²) < 4.78 is 0. The standard InChI is InChI=1S/C12H22N2S2/c1-15-8-7-13-11-14-9-12(10-16-11)5-3-2-4-6-12/h2-10H2,1H3,(H,13,14). The first-order chi connectivity index (χ1) is 7.85. The van der Waals surface area contributed by atoms with Gasteiger partial charge in [-0.05, 0) is 24.5 Å². The van der Waals surface area contributed by atoms with E-state index in [0.29, 0.717) is 5.41 Å². The number of thioether (sulfide) groups is 2. The highest BCUT2D eigenvalue weighted by Crippen LogP contribution is 2.41. The molecule has 1 aliphatic heterocycles. The van der Waals surface area contributed by atoms with E-state index in [2.05, 4.69) is 11.6 Å². The molecule has 0 amide bonds. The highest BCUT2D eigenvalue weighted by Gasteiger charge is 2.34. The van der Waals surface area contributed by atoms with E-state index < -0.39 is 0 Å². The minimum atomic E-state index is 0.563.